The van der Waals surface area contributed by atoms with E-state index in [1.165, 1.54) is 0 Å². The standard InChI is InChI=1S/C13H19BrN2O2/c1-3-5-15-8-10(14)7-11(15)12(17)16-6-4-13(2,18)9-16/h7-8,18H,3-6,9H2,1-2H3. The summed E-state index contributed by atoms with van der Waals surface area (Å²) in [5, 5.41) is 9.93. The van der Waals surface area contributed by atoms with E-state index in [9.17, 15) is 9.90 Å². The van der Waals surface area contributed by atoms with Gasteiger partial charge in [0.25, 0.3) is 5.91 Å². The van der Waals surface area contributed by atoms with Gasteiger partial charge in [-0.05, 0) is 41.8 Å². The molecule has 1 unspecified atom stereocenters. The highest BCUT2D eigenvalue weighted by Gasteiger charge is 2.35. The fourth-order valence-corrected chi connectivity index (χ4v) is 2.82. The molecule has 1 saturated heterocycles. The molecule has 1 N–H and O–H groups in total. The molecule has 4 nitrogen and oxygen atoms in total. The summed E-state index contributed by atoms with van der Waals surface area (Å²) in [5.74, 6) is 0.00641. The number of halogens is 1. The predicted octanol–water partition coefficient (Wildman–Crippen LogP) is 2.26. The highest BCUT2D eigenvalue weighted by atomic mass is 79.9. The van der Waals surface area contributed by atoms with Gasteiger partial charge in [0, 0.05) is 30.3 Å². The van der Waals surface area contributed by atoms with E-state index in [0.717, 1.165) is 17.4 Å². The zero-order valence-electron chi connectivity index (χ0n) is 10.8. The van der Waals surface area contributed by atoms with E-state index >= 15 is 0 Å². The van der Waals surface area contributed by atoms with E-state index in [4.69, 9.17) is 0 Å². The Balaban J connectivity index is 2.18. The van der Waals surface area contributed by atoms with E-state index in [0.29, 0.717) is 25.2 Å². The maximum absolute atomic E-state index is 12.4. The van der Waals surface area contributed by atoms with E-state index in [1.54, 1.807) is 11.8 Å². The zero-order chi connectivity index (χ0) is 13.3. The number of hydrogen-bond donors (Lipinski definition) is 1. The van der Waals surface area contributed by atoms with Crippen molar-refractivity contribution in [1.82, 2.24) is 9.47 Å². The Bertz CT molecular complexity index is 454. The average molecular weight is 315 g/mol. The summed E-state index contributed by atoms with van der Waals surface area (Å²) in [4.78, 5) is 14.1. The Hall–Kier alpha value is -0.810. The molecule has 5 heteroatoms. The van der Waals surface area contributed by atoms with Crippen molar-refractivity contribution < 1.29 is 9.90 Å². The summed E-state index contributed by atoms with van der Waals surface area (Å²) in [6.45, 7) is 5.74. The van der Waals surface area contributed by atoms with Crippen molar-refractivity contribution in [3.8, 4) is 0 Å². The second-order valence-electron chi connectivity index (χ2n) is 5.21. The molecule has 1 aliphatic heterocycles. The molecule has 0 saturated carbocycles. The lowest BCUT2D eigenvalue weighted by atomic mass is 10.1. The molecule has 1 aromatic heterocycles. The minimum atomic E-state index is -0.741. The van der Waals surface area contributed by atoms with Crippen LogP contribution in [0.4, 0.5) is 0 Å². The van der Waals surface area contributed by atoms with Gasteiger partial charge in [0.1, 0.15) is 5.69 Å². The van der Waals surface area contributed by atoms with Crippen LogP contribution < -0.4 is 0 Å². The number of amides is 1. The highest BCUT2D eigenvalue weighted by Crippen LogP contribution is 2.24. The third kappa shape index (κ3) is 2.78. The minimum absolute atomic E-state index is 0.00641. The van der Waals surface area contributed by atoms with Crippen LogP contribution in [0.15, 0.2) is 16.7 Å². The van der Waals surface area contributed by atoms with Crippen molar-refractivity contribution in [1.29, 1.82) is 0 Å². The van der Waals surface area contributed by atoms with Crippen LogP contribution in [0.2, 0.25) is 0 Å². The van der Waals surface area contributed by atoms with Gasteiger partial charge >= 0.3 is 0 Å². The number of β-amino-alcohol motifs (C(OH)–C–C–N with tert-alkyl or cyclic N) is 1. The highest BCUT2D eigenvalue weighted by molar-refractivity contribution is 9.10. The van der Waals surface area contributed by atoms with Gasteiger partial charge in [-0.3, -0.25) is 4.79 Å². The van der Waals surface area contributed by atoms with Crippen LogP contribution in [-0.4, -0.2) is 39.2 Å². The monoisotopic (exact) mass is 314 g/mol. The molecular formula is C13H19BrN2O2. The molecule has 0 spiro atoms. The lowest BCUT2D eigenvalue weighted by Gasteiger charge is -2.19. The number of carbonyl (C=O) groups is 1. The molecule has 1 aromatic rings. The molecule has 0 aromatic carbocycles. The van der Waals surface area contributed by atoms with Gasteiger partial charge in [0.15, 0.2) is 0 Å². The summed E-state index contributed by atoms with van der Waals surface area (Å²) in [6, 6.07) is 1.85. The van der Waals surface area contributed by atoms with Crippen molar-refractivity contribution in [3.05, 3.63) is 22.4 Å². The third-order valence-electron chi connectivity index (χ3n) is 3.29. The van der Waals surface area contributed by atoms with E-state index in [-0.39, 0.29) is 5.91 Å². The van der Waals surface area contributed by atoms with Crippen molar-refractivity contribution in [2.24, 2.45) is 0 Å². The Morgan fingerprint density at radius 3 is 2.89 bits per heavy atom. The second kappa shape index (κ2) is 5.05. The zero-order valence-corrected chi connectivity index (χ0v) is 12.4. The van der Waals surface area contributed by atoms with Gasteiger partial charge in [-0.2, -0.15) is 0 Å². The van der Waals surface area contributed by atoms with E-state index in [2.05, 4.69) is 22.9 Å². The maximum Gasteiger partial charge on any atom is 0.270 e. The lowest BCUT2D eigenvalue weighted by Crippen LogP contribution is -2.34. The van der Waals surface area contributed by atoms with Gasteiger partial charge < -0.3 is 14.6 Å². The predicted molar refractivity (Wildman–Crippen MR) is 73.6 cm³/mol. The Morgan fingerprint density at radius 1 is 1.61 bits per heavy atom. The van der Waals surface area contributed by atoms with Crippen LogP contribution in [0.5, 0.6) is 0 Å². The number of likely N-dealkylation sites (tertiary alicyclic amines) is 1. The number of nitrogens with zero attached hydrogens (tertiary/aromatic N) is 2. The number of aliphatic hydroxyl groups is 1. The summed E-state index contributed by atoms with van der Waals surface area (Å²) in [6.07, 6.45) is 3.57. The topological polar surface area (TPSA) is 45.5 Å². The number of rotatable bonds is 3. The first-order valence-corrected chi connectivity index (χ1v) is 7.09. The lowest BCUT2D eigenvalue weighted by molar-refractivity contribution is 0.0566. The molecule has 1 amide bonds. The van der Waals surface area contributed by atoms with Crippen LogP contribution in [0.1, 0.15) is 37.2 Å². The summed E-state index contributed by atoms with van der Waals surface area (Å²) in [5.41, 5.74) is -0.0452. The molecule has 0 radical (unpaired) electrons. The summed E-state index contributed by atoms with van der Waals surface area (Å²) in [7, 11) is 0. The Labute approximate surface area is 116 Å². The van der Waals surface area contributed by atoms with Gasteiger partial charge in [0.05, 0.1) is 5.60 Å². The molecule has 2 heterocycles. The molecule has 1 atom stereocenters. The fraction of sp³-hybridized carbons (Fsp3) is 0.615. The number of aromatic nitrogens is 1. The maximum atomic E-state index is 12.4. The molecule has 0 aliphatic carbocycles. The normalized spacial score (nSPS) is 23.7. The first kappa shape index (κ1) is 13.6. The van der Waals surface area contributed by atoms with Gasteiger partial charge in [-0.15, -0.1) is 0 Å². The quantitative estimate of drug-likeness (QED) is 0.930. The first-order valence-electron chi connectivity index (χ1n) is 6.30. The van der Waals surface area contributed by atoms with Crippen molar-refractivity contribution in [2.75, 3.05) is 13.1 Å². The Morgan fingerprint density at radius 2 is 2.33 bits per heavy atom. The largest absolute Gasteiger partial charge is 0.388 e. The van der Waals surface area contributed by atoms with Crippen LogP contribution in [-0.2, 0) is 6.54 Å². The number of carbonyl (C=O) groups excluding carboxylic acids is 1. The van der Waals surface area contributed by atoms with Gasteiger partial charge in [-0.1, -0.05) is 6.92 Å². The van der Waals surface area contributed by atoms with Crippen LogP contribution in [0.3, 0.4) is 0 Å². The fourth-order valence-electron chi connectivity index (χ4n) is 2.36. The number of hydrogen-bond acceptors (Lipinski definition) is 2. The molecule has 1 aliphatic rings. The third-order valence-corrected chi connectivity index (χ3v) is 3.72. The van der Waals surface area contributed by atoms with Gasteiger partial charge in [0.2, 0.25) is 0 Å². The second-order valence-corrected chi connectivity index (χ2v) is 6.13. The minimum Gasteiger partial charge on any atom is -0.388 e. The first-order chi connectivity index (χ1) is 8.43. The molecule has 2 rings (SSSR count). The summed E-state index contributed by atoms with van der Waals surface area (Å²) < 4.78 is 2.89. The number of aryl methyl sites for hydroxylation is 1. The molecule has 1 fully saturated rings. The average Bonchev–Trinajstić information content (AvgIpc) is 2.81. The van der Waals surface area contributed by atoms with Gasteiger partial charge in [-0.25, -0.2) is 0 Å². The van der Waals surface area contributed by atoms with Crippen molar-refractivity contribution >= 4 is 21.8 Å². The molecule has 100 valence electrons. The van der Waals surface area contributed by atoms with E-state index < -0.39 is 5.60 Å². The van der Waals surface area contributed by atoms with Crippen LogP contribution >= 0.6 is 15.9 Å². The molecular weight excluding hydrogens is 296 g/mol. The van der Waals surface area contributed by atoms with Crippen LogP contribution in [0.25, 0.3) is 0 Å². The van der Waals surface area contributed by atoms with Crippen molar-refractivity contribution in [2.45, 2.75) is 38.8 Å². The molecule has 0 bridgehead atoms. The van der Waals surface area contributed by atoms with Crippen molar-refractivity contribution in [3.63, 3.8) is 0 Å². The summed E-state index contributed by atoms with van der Waals surface area (Å²) >= 11 is 3.41. The van der Waals surface area contributed by atoms with Crippen LogP contribution in [0, 0.1) is 0 Å². The Kier molecular flexibility index (Phi) is 3.82. The SMILES string of the molecule is CCCn1cc(Br)cc1C(=O)N1CCC(C)(O)C1. The smallest absolute Gasteiger partial charge is 0.270 e. The molecule has 18 heavy (non-hydrogen) atoms. The van der Waals surface area contributed by atoms with E-state index in [1.807, 2.05) is 16.8 Å².